The summed E-state index contributed by atoms with van der Waals surface area (Å²) in [5.74, 6) is 2.16. The number of halogens is 1. The van der Waals surface area contributed by atoms with Gasteiger partial charge in [-0.25, -0.2) is 4.98 Å². The van der Waals surface area contributed by atoms with Crippen molar-refractivity contribution in [3.63, 3.8) is 0 Å². The Morgan fingerprint density at radius 1 is 1.13 bits per heavy atom. The molecule has 23 heavy (non-hydrogen) atoms. The Morgan fingerprint density at radius 3 is 2.74 bits per heavy atom. The molecule has 0 fully saturated rings. The molecule has 0 aliphatic heterocycles. The highest BCUT2D eigenvalue weighted by Crippen LogP contribution is 2.26. The van der Waals surface area contributed by atoms with E-state index in [9.17, 15) is 0 Å². The molecular weight excluding hydrogens is 356 g/mol. The van der Waals surface area contributed by atoms with Gasteiger partial charge >= 0.3 is 0 Å². The quantitative estimate of drug-likeness (QED) is 0.672. The molecule has 6 heteroatoms. The minimum Gasteiger partial charge on any atom is -0.467 e. The maximum absolute atomic E-state index is 5.31. The normalized spacial score (nSPS) is 10.6. The molecule has 0 saturated carbocycles. The van der Waals surface area contributed by atoms with Crippen LogP contribution in [0.4, 0.5) is 17.5 Å². The fourth-order valence-electron chi connectivity index (χ4n) is 2.15. The van der Waals surface area contributed by atoms with E-state index in [2.05, 4.69) is 36.5 Å². The minimum atomic E-state index is 0.552. The van der Waals surface area contributed by atoms with E-state index in [-0.39, 0.29) is 0 Å². The van der Waals surface area contributed by atoms with Gasteiger partial charge in [0.15, 0.2) is 0 Å². The van der Waals surface area contributed by atoms with Crippen LogP contribution < -0.4 is 10.6 Å². The monoisotopic (exact) mass is 372 g/mol. The van der Waals surface area contributed by atoms with Crippen LogP contribution in [0.15, 0.2) is 51.6 Å². The van der Waals surface area contributed by atoms with Gasteiger partial charge in [0, 0.05) is 16.2 Å². The van der Waals surface area contributed by atoms with Crippen LogP contribution in [0.5, 0.6) is 0 Å². The van der Waals surface area contributed by atoms with Crippen molar-refractivity contribution in [2.24, 2.45) is 0 Å². The van der Waals surface area contributed by atoms with E-state index >= 15 is 0 Å². The highest BCUT2D eigenvalue weighted by molar-refractivity contribution is 9.10. The van der Waals surface area contributed by atoms with E-state index in [1.807, 2.05) is 50.2 Å². The van der Waals surface area contributed by atoms with Gasteiger partial charge in [-0.3, -0.25) is 0 Å². The summed E-state index contributed by atoms with van der Waals surface area (Å²) in [6.07, 6.45) is 1.66. The number of nitrogens with one attached hydrogen (secondary N) is 2. The zero-order valence-electron chi connectivity index (χ0n) is 12.9. The zero-order valence-corrected chi connectivity index (χ0v) is 14.5. The van der Waals surface area contributed by atoms with Crippen LogP contribution in [0.25, 0.3) is 0 Å². The highest BCUT2D eigenvalue weighted by atomic mass is 79.9. The number of furan rings is 1. The molecular formula is C17H17BrN4O. The molecule has 1 aromatic carbocycles. The number of hydrogen-bond acceptors (Lipinski definition) is 5. The molecule has 118 valence electrons. The molecule has 0 bridgehead atoms. The van der Waals surface area contributed by atoms with Gasteiger partial charge in [-0.1, -0.05) is 6.07 Å². The molecule has 2 N–H and O–H groups in total. The number of nitrogens with zero attached hydrogens (tertiary/aromatic N) is 2. The van der Waals surface area contributed by atoms with Crippen molar-refractivity contribution in [1.82, 2.24) is 9.97 Å². The smallest absolute Gasteiger partial charge is 0.229 e. The Kier molecular flexibility index (Phi) is 4.62. The van der Waals surface area contributed by atoms with Crippen LogP contribution in [0.2, 0.25) is 0 Å². The molecule has 5 nitrogen and oxygen atoms in total. The molecule has 3 rings (SSSR count). The first-order valence-electron chi connectivity index (χ1n) is 7.25. The van der Waals surface area contributed by atoms with Crippen LogP contribution in [0, 0.1) is 13.8 Å². The van der Waals surface area contributed by atoms with Crippen molar-refractivity contribution in [2.75, 3.05) is 10.6 Å². The van der Waals surface area contributed by atoms with E-state index in [0.29, 0.717) is 12.5 Å². The van der Waals surface area contributed by atoms with E-state index in [1.54, 1.807) is 6.26 Å². The maximum Gasteiger partial charge on any atom is 0.229 e. The van der Waals surface area contributed by atoms with Crippen LogP contribution in [-0.4, -0.2) is 9.97 Å². The summed E-state index contributed by atoms with van der Waals surface area (Å²) in [5.41, 5.74) is 3.00. The van der Waals surface area contributed by atoms with E-state index in [1.165, 1.54) is 5.56 Å². The summed E-state index contributed by atoms with van der Waals surface area (Å²) < 4.78 is 6.29. The molecule has 2 heterocycles. The van der Waals surface area contributed by atoms with Gasteiger partial charge in [-0.05, 0) is 59.6 Å². The van der Waals surface area contributed by atoms with Crippen LogP contribution >= 0.6 is 15.9 Å². The molecule has 0 radical (unpaired) electrons. The predicted molar refractivity (Wildman–Crippen MR) is 95.0 cm³/mol. The first kappa shape index (κ1) is 15.6. The molecule has 0 aliphatic rings. The summed E-state index contributed by atoms with van der Waals surface area (Å²) in [5, 5.41) is 6.48. The number of rotatable bonds is 5. The van der Waals surface area contributed by atoms with Crippen molar-refractivity contribution in [3.8, 4) is 0 Å². The SMILES string of the molecule is Cc1ccc(Nc2nc(C)cc(NCc3ccco3)n2)c(Br)c1. The molecule has 3 aromatic rings. The van der Waals surface area contributed by atoms with Crippen molar-refractivity contribution in [1.29, 1.82) is 0 Å². The van der Waals surface area contributed by atoms with Crippen molar-refractivity contribution >= 4 is 33.4 Å². The first-order valence-corrected chi connectivity index (χ1v) is 8.04. The average molecular weight is 373 g/mol. The third-order valence-corrected chi connectivity index (χ3v) is 3.91. The first-order chi connectivity index (χ1) is 11.1. The maximum atomic E-state index is 5.31. The topological polar surface area (TPSA) is 63.0 Å². The Morgan fingerprint density at radius 2 is 2.00 bits per heavy atom. The number of aryl methyl sites for hydroxylation is 2. The molecule has 2 aromatic heterocycles. The van der Waals surface area contributed by atoms with Gasteiger partial charge in [0.05, 0.1) is 18.5 Å². The van der Waals surface area contributed by atoms with E-state index in [4.69, 9.17) is 4.42 Å². The number of anilines is 3. The molecule has 0 atom stereocenters. The highest BCUT2D eigenvalue weighted by Gasteiger charge is 2.06. The molecule has 0 spiro atoms. The zero-order chi connectivity index (χ0) is 16.2. The largest absolute Gasteiger partial charge is 0.467 e. The number of benzene rings is 1. The molecule has 0 saturated heterocycles. The van der Waals surface area contributed by atoms with E-state index in [0.717, 1.165) is 27.4 Å². The predicted octanol–water partition coefficient (Wildman–Crippen LogP) is 4.80. The van der Waals surface area contributed by atoms with Crippen LogP contribution in [0.3, 0.4) is 0 Å². The van der Waals surface area contributed by atoms with Gasteiger partial charge in [-0.2, -0.15) is 4.98 Å². The lowest BCUT2D eigenvalue weighted by Gasteiger charge is -2.11. The van der Waals surface area contributed by atoms with Gasteiger partial charge in [0.25, 0.3) is 0 Å². The Hall–Kier alpha value is -2.34. The summed E-state index contributed by atoms with van der Waals surface area (Å²) in [4.78, 5) is 8.93. The molecule has 0 unspecified atom stereocenters. The summed E-state index contributed by atoms with van der Waals surface area (Å²) in [6, 6.07) is 11.8. The second-order valence-corrected chi connectivity index (χ2v) is 6.11. The second-order valence-electron chi connectivity index (χ2n) is 5.26. The van der Waals surface area contributed by atoms with Crippen LogP contribution in [0.1, 0.15) is 17.0 Å². The van der Waals surface area contributed by atoms with Crippen LogP contribution in [-0.2, 0) is 6.54 Å². The summed E-state index contributed by atoms with van der Waals surface area (Å²) in [6.45, 7) is 4.57. The third kappa shape index (κ3) is 4.10. The van der Waals surface area contributed by atoms with E-state index < -0.39 is 0 Å². The summed E-state index contributed by atoms with van der Waals surface area (Å²) in [7, 11) is 0. The Balaban J connectivity index is 1.77. The number of aromatic nitrogens is 2. The lowest BCUT2D eigenvalue weighted by Crippen LogP contribution is -2.05. The van der Waals surface area contributed by atoms with Gasteiger partial charge < -0.3 is 15.1 Å². The van der Waals surface area contributed by atoms with Crippen molar-refractivity contribution < 1.29 is 4.42 Å². The second kappa shape index (κ2) is 6.83. The van der Waals surface area contributed by atoms with Crippen molar-refractivity contribution in [3.05, 3.63) is 64.2 Å². The van der Waals surface area contributed by atoms with Gasteiger partial charge in [0.1, 0.15) is 11.6 Å². The summed E-state index contributed by atoms with van der Waals surface area (Å²) >= 11 is 3.55. The Labute approximate surface area is 143 Å². The fraction of sp³-hybridized carbons (Fsp3) is 0.176. The minimum absolute atomic E-state index is 0.552. The fourth-order valence-corrected chi connectivity index (χ4v) is 2.74. The lowest BCUT2D eigenvalue weighted by atomic mass is 10.2. The standard InChI is InChI=1S/C17H17BrN4O/c1-11-5-6-15(14(18)8-11)21-17-20-12(2)9-16(22-17)19-10-13-4-3-7-23-13/h3-9H,10H2,1-2H3,(H2,19,20,21,22). The third-order valence-electron chi connectivity index (χ3n) is 3.25. The lowest BCUT2D eigenvalue weighted by molar-refractivity contribution is 0.518. The Bertz CT molecular complexity index is 802. The molecule has 0 amide bonds. The van der Waals surface area contributed by atoms with Crippen molar-refractivity contribution in [2.45, 2.75) is 20.4 Å². The van der Waals surface area contributed by atoms with Gasteiger partial charge in [0.2, 0.25) is 5.95 Å². The molecule has 0 aliphatic carbocycles. The average Bonchev–Trinajstić information content (AvgIpc) is 3.01. The van der Waals surface area contributed by atoms with Gasteiger partial charge in [-0.15, -0.1) is 0 Å². The number of hydrogen-bond donors (Lipinski definition) is 2.